The van der Waals surface area contributed by atoms with Gasteiger partial charge in [-0.3, -0.25) is 9.78 Å². The molecule has 0 aliphatic heterocycles. The van der Waals surface area contributed by atoms with Gasteiger partial charge in [0.25, 0.3) is 11.6 Å². The number of halogens is 3. The van der Waals surface area contributed by atoms with Crippen LogP contribution >= 0.6 is 0 Å². The average molecular weight is 610 g/mol. The highest BCUT2D eigenvalue weighted by molar-refractivity contribution is 5.94. The molecule has 232 valence electrons. The van der Waals surface area contributed by atoms with Gasteiger partial charge in [0.2, 0.25) is 0 Å². The summed E-state index contributed by atoms with van der Waals surface area (Å²) >= 11 is 0. The first-order valence-corrected chi connectivity index (χ1v) is 14.0. The molecule has 4 aromatic rings. The van der Waals surface area contributed by atoms with Gasteiger partial charge < -0.3 is 24.8 Å². The summed E-state index contributed by atoms with van der Waals surface area (Å²) in [6, 6.07) is 19.6. The van der Waals surface area contributed by atoms with E-state index in [1.54, 1.807) is 102 Å². The third kappa shape index (κ3) is 7.21. The molecule has 1 aromatic heterocycles. The van der Waals surface area contributed by atoms with Crippen molar-refractivity contribution in [2.75, 3.05) is 11.9 Å². The zero-order valence-corrected chi connectivity index (χ0v) is 25.0. The van der Waals surface area contributed by atoms with Crippen molar-refractivity contribution in [3.63, 3.8) is 0 Å². The molecule has 11 heteroatoms. The topological polar surface area (TPSA) is 98.8 Å². The summed E-state index contributed by atoms with van der Waals surface area (Å²) in [7, 11) is 0. The van der Waals surface area contributed by atoms with E-state index in [1.807, 2.05) is 0 Å². The zero-order valence-electron chi connectivity index (χ0n) is 25.0. The van der Waals surface area contributed by atoms with Gasteiger partial charge in [0.05, 0.1) is 18.2 Å². The molecule has 1 atom stereocenters. The third-order valence-corrected chi connectivity index (χ3v) is 6.69. The highest BCUT2D eigenvalue weighted by atomic mass is 19.4. The lowest BCUT2D eigenvalue weighted by Gasteiger charge is -2.38. The molecule has 0 saturated carbocycles. The van der Waals surface area contributed by atoms with Crippen LogP contribution in [0.15, 0.2) is 85.2 Å². The second kappa shape index (κ2) is 12.8. The molecular formula is C33H34F3N3O5. The van der Waals surface area contributed by atoms with Gasteiger partial charge in [-0.25, -0.2) is 4.79 Å². The first-order valence-electron chi connectivity index (χ1n) is 14.0. The van der Waals surface area contributed by atoms with E-state index in [0.717, 1.165) is 5.39 Å². The van der Waals surface area contributed by atoms with Crippen molar-refractivity contribution in [1.29, 1.82) is 0 Å². The number of fused-ring (bicyclic) bond motifs is 1. The SMILES string of the molecule is CCOc1cc(C(Nc2ccc3cnccc3c2)(OC(=O)C(F)(F)F)C(=O)NC(C)(C)c2ccccc2)ccc1OC(C)C. The number of pyridine rings is 1. The number of alkyl halides is 3. The molecule has 0 aliphatic carbocycles. The number of carbonyl (C=O) groups excluding carboxylic acids is 2. The molecule has 0 fully saturated rings. The standard InChI is InChI=1S/C33H34F3N3O5/c1-6-42-28-19-25(13-15-27(28)43-21(2)3)32(44-30(41)33(34,35)36,29(40)39-31(4,5)24-10-8-7-9-11-24)38-26-14-12-23-20-37-17-16-22(23)18-26/h7-21,38H,6H2,1-5H3,(H,39,40). The summed E-state index contributed by atoms with van der Waals surface area (Å²) in [4.78, 5) is 31.1. The van der Waals surface area contributed by atoms with Crippen molar-refractivity contribution in [3.8, 4) is 11.5 Å². The summed E-state index contributed by atoms with van der Waals surface area (Å²) in [5.41, 5.74) is -3.09. The molecule has 0 radical (unpaired) electrons. The van der Waals surface area contributed by atoms with Crippen LogP contribution in [0.3, 0.4) is 0 Å². The molecule has 0 spiro atoms. The Kier molecular flexibility index (Phi) is 9.36. The normalized spacial score (nSPS) is 13.2. The van der Waals surface area contributed by atoms with Crippen LogP contribution in [0.4, 0.5) is 18.9 Å². The van der Waals surface area contributed by atoms with Crippen LogP contribution in [-0.4, -0.2) is 35.7 Å². The smallest absolute Gasteiger partial charge is 0.490 e. The predicted octanol–water partition coefficient (Wildman–Crippen LogP) is 6.84. The number of rotatable bonds is 11. The zero-order chi connectivity index (χ0) is 32.1. The highest BCUT2D eigenvalue weighted by Gasteiger charge is 2.53. The minimum atomic E-state index is -5.42. The van der Waals surface area contributed by atoms with E-state index in [-0.39, 0.29) is 29.7 Å². The van der Waals surface area contributed by atoms with Crippen molar-refractivity contribution in [1.82, 2.24) is 10.3 Å². The van der Waals surface area contributed by atoms with E-state index in [4.69, 9.17) is 14.2 Å². The Hall–Kier alpha value is -4.80. The van der Waals surface area contributed by atoms with Crippen LogP contribution in [0, 0.1) is 0 Å². The van der Waals surface area contributed by atoms with Gasteiger partial charge in [0.1, 0.15) is 0 Å². The maximum atomic E-state index is 14.4. The third-order valence-electron chi connectivity index (χ3n) is 6.69. The van der Waals surface area contributed by atoms with Crippen molar-refractivity contribution in [2.45, 2.75) is 58.2 Å². The average Bonchev–Trinajstić information content (AvgIpc) is 2.97. The van der Waals surface area contributed by atoms with Crippen LogP contribution < -0.4 is 20.1 Å². The Morgan fingerprint density at radius 2 is 1.61 bits per heavy atom. The summed E-state index contributed by atoms with van der Waals surface area (Å²) in [6.07, 6.45) is -2.50. The lowest BCUT2D eigenvalue weighted by molar-refractivity contribution is -0.213. The van der Waals surface area contributed by atoms with Gasteiger partial charge in [-0.1, -0.05) is 36.4 Å². The quantitative estimate of drug-likeness (QED) is 0.142. The fourth-order valence-electron chi connectivity index (χ4n) is 4.60. The van der Waals surface area contributed by atoms with E-state index in [1.165, 1.54) is 18.2 Å². The van der Waals surface area contributed by atoms with E-state index in [2.05, 4.69) is 15.6 Å². The summed E-state index contributed by atoms with van der Waals surface area (Å²) in [5.74, 6) is -3.18. The second-order valence-electron chi connectivity index (χ2n) is 10.8. The van der Waals surface area contributed by atoms with Gasteiger partial charge in [0.15, 0.2) is 11.5 Å². The molecule has 1 amide bonds. The molecule has 1 heterocycles. The number of benzene rings is 3. The summed E-state index contributed by atoms with van der Waals surface area (Å²) < 4.78 is 58.3. The number of amides is 1. The van der Waals surface area contributed by atoms with Crippen LogP contribution in [0.1, 0.15) is 45.7 Å². The number of hydrogen-bond acceptors (Lipinski definition) is 7. The Morgan fingerprint density at radius 1 is 0.886 bits per heavy atom. The number of aromatic nitrogens is 1. The molecule has 8 nitrogen and oxygen atoms in total. The number of ether oxygens (including phenoxy) is 3. The van der Waals surface area contributed by atoms with Crippen LogP contribution in [0.5, 0.6) is 11.5 Å². The molecule has 4 rings (SSSR count). The Morgan fingerprint density at radius 3 is 2.27 bits per heavy atom. The summed E-state index contributed by atoms with van der Waals surface area (Å²) in [6.45, 7) is 8.88. The Bertz CT molecular complexity index is 1630. The second-order valence-corrected chi connectivity index (χ2v) is 10.8. The molecule has 2 N–H and O–H groups in total. The van der Waals surface area contributed by atoms with Crippen molar-refractivity contribution in [2.24, 2.45) is 0 Å². The lowest BCUT2D eigenvalue weighted by atomic mass is 9.92. The number of hydrogen-bond donors (Lipinski definition) is 2. The monoisotopic (exact) mass is 609 g/mol. The van der Waals surface area contributed by atoms with Gasteiger partial charge >= 0.3 is 12.1 Å². The lowest BCUT2D eigenvalue weighted by Crippen LogP contribution is -2.58. The van der Waals surface area contributed by atoms with E-state index >= 15 is 0 Å². The minimum absolute atomic E-state index is 0.133. The number of esters is 1. The first kappa shape index (κ1) is 32.1. The maximum Gasteiger partial charge on any atom is 0.491 e. The molecule has 0 bridgehead atoms. The molecule has 0 saturated heterocycles. The number of carbonyl (C=O) groups is 2. The fraction of sp³-hybridized carbons (Fsp3) is 0.303. The van der Waals surface area contributed by atoms with Gasteiger partial charge in [0, 0.05) is 29.0 Å². The predicted molar refractivity (Wildman–Crippen MR) is 160 cm³/mol. The highest BCUT2D eigenvalue weighted by Crippen LogP contribution is 2.39. The molecule has 44 heavy (non-hydrogen) atoms. The number of anilines is 1. The van der Waals surface area contributed by atoms with Crippen LogP contribution in [0.25, 0.3) is 10.8 Å². The Balaban J connectivity index is 1.95. The molecular weight excluding hydrogens is 575 g/mol. The van der Waals surface area contributed by atoms with Crippen LogP contribution in [-0.2, 0) is 25.6 Å². The van der Waals surface area contributed by atoms with Crippen molar-refractivity contribution >= 4 is 28.3 Å². The van der Waals surface area contributed by atoms with Gasteiger partial charge in [-0.05, 0) is 82.0 Å². The molecule has 0 aliphatic rings. The minimum Gasteiger partial charge on any atom is -0.490 e. The maximum absolute atomic E-state index is 14.4. The van der Waals surface area contributed by atoms with Gasteiger partial charge in [-0.2, -0.15) is 13.2 Å². The number of nitrogens with zero attached hydrogens (tertiary/aromatic N) is 1. The largest absolute Gasteiger partial charge is 0.491 e. The van der Waals surface area contributed by atoms with Gasteiger partial charge in [-0.15, -0.1) is 0 Å². The molecule has 1 unspecified atom stereocenters. The van der Waals surface area contributed by atoms with E-state index in [9.17, 15) is 22.8 Å². The first-order chi connectivity index (χ1) is 20.7. The summed E-state index contributed by atoms with van der Waals surface area (Å²) in [5, 5.41) is 7.06. The van der Waals surface area contributed by atoms with Crippen LogP contribution in [0.2, 0.25) is 0 Å². The van der Waals surface area contributed by atoms with Crippen molar-refractivity contribution in [3.05, 3.63) is 96.3 Å². The number of nitrogens with one attached hydrogen (secondary N) is 2. The Labute approximate surface area is 253 Å². The van der Waals surface area contributed by atoms with E-state index < -0.39 is 29.3 Å². The van der Waals surface area contributed by atoms with Crippen molar-refractivity contribution < 1.29 is 37.0 Å². The fourth-order valence-corrected chi connectivity index (χ4v) is 4.60. The van der Waals surface area contributed by atoms with E-state index in [0.29, 0.717) is 16.7 Å². The molecule has 3 aromatic carbocycles.